The van der Waals surface area contributed by atoms with Crippen LogP contribution < -0.4 is 16.4 Å². The topological polar surface area (TPSA) is 106 Å². The summed E-state index contributed by atoms with van der Waals surface area (Å²) in [6, 6.07) is 12.2. The van der Waals surface area contributed by atoms with Crippen LogP contribution in [0.25, 0.3) is 22.3 Å². The Morgan fingerprint density at radius 2 is 1.93 bits per heavy atom. The molecule has 0 fully saturated rings. The van der Waals surface area contributed by atoms with Crippen molar-refractivity contribution in [1.29, 1.82) is 0 Å². The predicted octanol–water partition coefficient (Wildman–Crippen LogP) is 4.72. The molecule has 0 spiro atoms. The van der Waals surface area contributed by atoms with Crippen LogP contribution in [0.4, 0.5) is 26.4 Å². The molecule has 0 radical (unpaired) electrons. The van der Waals surface area contributed by atoms with Crippen LogP contribution >= 0.6 is 11.6 Å². The minimum Gasteiger partial charge on any atom is -0.355 e. The molecule has 0 saturated heterocycles. The molecule has 4 N–H and O–H groups in total. The average molecular weight is 409 g/mol. The number of fused-ring (bicyclic) bond motifs is 1. The molecular formula is C20H14ClFN6O. The average Bonchev–Trinajstić information content (AvgIpc) is 2.69. The Morgan fingerprint density at radius 1 is 1.07 bits per heavy atom. The monoisotopic (exact) mass is 408 g/mol. The maximum Gasteiger partial charge on any atom is 0.317 e. The normalized spacial score (nSPS) is 10.7. The van der Waals surface area contributed by atoms with Gasteiger partial charge in [0.1, 0.15) is 11.6 Å². The lowest BCUT2D eigenvalue weighted by Crippen LogP contribution is -2.19. The van der Waals surface area contributed by atoms with Crippen LogP contribution in [0.3, 0.4) is 0 Å². The molecule has 3 heterocycles. The molecule has 7 nitrogen and oxygen atoms in total. The van der Waals surface area contributed by atoms with Gasteiger partial charge in [-0.2, -0.15) is 0 Å². The summed E-state index contributed by atoms with van der Waals surface area (Å²) < 4.78 is 14.4. The van der Waals surface area contributed by atoms with E-state index in [0.717, 1.165) is 5.39 Å². The zero-order valence-electron chi connectivity index (χ0n) is 14.9. The van der Waals surface area contributed by atoms with Crippen molar-refractivity contribution >= 4 is 45.9 Å². The number of nitrogens with two attached hydrogens (primary N) is 1. The molecule has 0 saturated carbocycles. The van der Waals surface area contributed by atoms with Crippen LogP contribution in [0.2, 0.25) is 5.02 Å². The van der Waals surface area contributed by atoms with Crippen molar-refractivity contribution in [2.45, 2.75) is 0 Å². The Balaban J connectivity index is 1.81. The molecule has 0 aliphatic carbocycles. The smallest absolute Gasteiger partial charge is 0.317 e. The largest absolute Gasteiger partial charge is 0.355 e. The van der Waals surface area contributed by atoms with Gasteiger partial charge in [0.05, 0.1) is 11.4 Å². The maximum atomic E-state index is 14.4. The number of nitrogens with one attached hydrogen (secondary N) is 2. The second-order valence-corrected chi connectivity index (χ2v) is 6.53. The van der Waals surface area contributed by atoms with E-state index >= 15 is 0 Å². The highest BCUT2D eigenvalue weighted by Gasteiger charge is 2.13. The third-order valence-corrected chi connectivity index (χ3v) is 4.31. The van der Waals surface area contributed by atoms with Crippen LogP contribution in [-0.4, -0.2) is 21.0 Å². The number of amides is 2. The summed E-state index contributed by atoms with van der Waals surface area (Å²) in [5, 5.41) is 6.79. The summed E-state index contributed by atoms with van der Waals surface area (Å²) in [7, 11) is 0. The molecule has 9 heteroatoms. The number of hydrogen-bond acceptors (Lipinski definition) is 5. The van der Waals surface area contributed by atoms with Crippen molar-refractivity contribution < 1.29 is 9.18 Å². The molecule has 29 heavy (non-hydrogen) atoms. The third kappa shape index (κ3) is 4.07. The Hall–Kier alpha value is -3.78. The Labute approximate surface area is 169 Å². The number of rotatable bonds is 4. The molecule has 4 rings (SSSR count). The highest BCUT2D eigenvalue weighted by Crippen LogP contribution is 2.32. The first kappa shape index (κ1) is 18.6. The molecule has 1 aromatic carbocycles. The second-order valence-electron chi connectivity index (χ2n) is 6.10. The fraction of sp³-hybridized carbons (Fsp3) is 0. The van der Waals surface area contributed by atoms with Crippen molar-refractivity contribution in [2.24, 2.45) is 5.73 Å². The number of carbonyl (C=O) groups excluding carboxylic acids is 1. The van der Waals surface area contributed by atoms with Gasteiger partial charge in [0.15, 0.2) is 5.65 Å². The minimum absolute atomic E-state index is 0.263. The lowest BCUT2D eigenvalue weighted by Gasteiger charge is -2.13. The fourth-order valence-corrected chi connectivity index (χ4v) is 3.02. The Kier molecular flexibility index (Phi) is 4.92. The van der Waals surface area contributed by atoms with Crippen molar-refractivity contribution in [1.82, 2.24) is 15.0 Å². The lowest BCUT2D eigenvalue weighted by atomic mass is 10.1. The van der Waals surface area contributed by atoms with E-state index in [0.29, 0.717) is 33.6 Å². The number of pyridine rings is 3. The van der Waals surface area contributed by atoms with E-state index in [1.807, 2.05) is 6.07 Å². The van der Waals surface area contributed by atoms with Crippen molar-refractivity contribution in [2.75, 3.05) is 10.6 Å². The summed E-state index contributed by atoms with van der Waals surface area (Å²) in [6.07, 6.45) is 3.13. The van der Waals surface area contributed by atoms with Gasteiger partial charge in [0.25, 0.3) is 0 Å². The molecule has 0 aliphatic rings. The Morgan fingerprint density at radius 3 is 2.76 bits per heavy atom. The number of hydrogen-bond donors (Lipinski definition) is 3. The quantitative estimate of drug-likeness (QED) is 0.453. The first-order valence-electron chi connectivity index (χ1n) is 8.50. The van der Waals surface area contributed by atoms with E-state index in [1.165, 1.54) is 24.4 Å². The van der Waals surface area contributed by atoms with Crippen molar-refractivity contribution in [3.8, 4) is 11.3 Å². The number of urea groups is 1. The summed E-state index contributed by atoms with van der Waals surface area (Å²) in [5.74, 6) is -0.153. The summed E-state index contributed by atoms with van der Waals surface area (Å²) >= 11 is 6.04. The number of benzene rings is 1. The van der Waals surface area contributed by atoms with Crippen LogP contribution in [-0.2, 0) is 0 Å². The van der Waals surface area contributed by atoms with Gasteiger partial charge in [-0.15, -0.1) is 0 Å². The first-order valence-corrected chi connectivity index (χ1v) is 8.88. The molecule has 0 atom stereocenters. The summed E-state index contributed by atoms with van der Waals surface area (Å²) in [6.45, 7) is 0. The summed E-state index contributed by atoms with van der Waals surface area (Å²) in [5.41, 5.74) is 7.50. The number of anilines is 3. The molecular weight excluding hydrogens is 395 g/mol. The van der Waals surface area contributed by atoms with Crippen LogP contribution in [0.15, 0.2) is 60.9 Å². The zero-order valence-corrected chi connectivity index (χ0v) is 15.6. The van der Waals surface area contributed by atoms with Crippen LogP contribution in [0, 0.1) is 5.82 Å². The van der Waals surface area contributed by atoms with Gasteiger partial charge in [0.2, 0.25) is 0 Å². The van der Waals surface area contributed by atoms with Gasteiger partial charge in [-0.3, -0.25) is 5.32 Å². The standard InChI is InChI=1S/C20H14ClFN6O/c21-11-3-4-15(22)14(8-11)17-10-16(13-2-1-6-25-19(13)27-17)26-12-5-7-24-18(9-12)28-20(23)29/h1-10H,(H4,23,24,25,26,27,28,29). The van der Waals surface area contributed by atoms with E-state index in [4.69, 9.17) is 17.3 Å². The molecule has 144 valence electrons. The van der Waals surface area contributed by atoms with Gasteiger partial charge in [-0.25, -0.2) is 24.1 Å². The molecule has 3 aromatic heterocycles. The van der Waals surface area contributed by atoms with Gasteiger partial charge >= 0.3 is 6.03 Å². The molecule has 4 aromatic rings. The van der Waals surface area contributed by atoms with Crippen molar-refractivity contribution in [3.05, 3.63) is 71.8 Å². The Bertz CT molecular complexity index is 1230. The van der Waals surface area contributed by atoms with E-state index in [1.54, 1.807) is 30.5 Å². The molecule has 2 amide bonds. The first-order chi connectivity index (χ1) is 14.0. The predicted molar refractivity (Wildman–Crippen MR) is 111 cm³/mol. The lowest BCUT2D eigenvalue weighted by molar-refractivity contribution is 0.259. The second kappa shape index (κ2) is 7.69. The van der Waals surface area contributed by atoms with E-state index in [-0.39, 0.29) is 5.56 Å². The third-order valence-electron chi connectivity index (χ3n) is 4.08. The van der Waals surface area contributed by atoms with E-state index in [9.17, 15) is 9.18 Å². The van der Waals surface area contributed by atoms with Crippen molar-refractivity contribution in [3.63, 3.8) is 0 Å². The van der Waals surface area contributed by atoms with Gasteiger partial charge in [-0.1, -0.05) is 11.6 Å². The molecule has 0 aliphatic heterocycles. The van der Waals surface area contributed by atoms with E-state index in [2.05, 4.69) is 25.6 Å². The van der Waals surface area contributed by atoms with Crippen LogP contribution in [0.5, 0.6) is 0 Å². The van der Waals surface area contributed by atoms with E-state index < -0.39 is 11.8 Å². The SMILES string of the molecule is NC(=O)Nc1cc(Nc2cc(-c3cc(Cl)ccc3F)nc3ncccc23)ccn1. The van der Waals surface area contributed by atoms with Gasteiger partial charge < -0.3 is 11.1 Å². The number of nitrogens with zero attached hydrogens (tertiary/aromatic N) is 3. The number of aromatic nitrogens is 3. The number of primary amides is 1. The summed E-state index contributed by atoms with van der Waals surface area (Å²) in [4.78, 5) is 23.8. The fourth-order valence-electron chi connectivity index (χ4n) is 2.85. The van der Waals surface area contributed by atoms with Gasteiger partial charge in [0, 0.05) is 40.1 Å². The number of halogens is 2. The maximum absolute atomic E-state index is 14.4. The molecule has 0 bridgehead atoms. The zero-order chi connectivity index (χ0) is 20.4. The minimum atomic E-state index is -0.716. The molecule has 0 unspecified atom stereocenters. The van der Waals surface area contributed by atoms with Crippen LogP contribution in [0.1, 0.15) is 0 Å². The van der Waals surface area contributed by atoms with Gasteiger partial charge in [-0.05, 0) is 42.5 Å². The number of carbonyl (C=O) groups is 1. The highest BCUT2D eigenvalue weighted by molar-refractivity contribution is 6.30. The highest BCUT2D eigenvalue weighted by atomic mass is 35.5.